The van der Waals surface area contributed by atoms with E-state index >= 15 is 0 Å². The molecule has 2 aromatic carbocycles. The molecule has 2 aromatic rings. The van der Waals surface area contributed by atoms with Gasteiger partial charge in [-0.05, 0) is 35.3 Å². The molecule has 0 radical (unpaired) electrons. The van der Waals surface area contributed by atoms with Gasteiger partial charge in [0.1, 0.15) is 0 Å². The zero-order valence-corrected chi connectivity index (χ0v) is 22.0. The molecule has 1 N–H and O–H groups in total. The fourth-order valence-corrected chi connectivity index (χ4v) is 5.45. The van der Waals surface area contributed by atoms with Gasteiger partial charge >= 0.3 is 0 Å². The van der Waals surface area contributed by atoms with Gasteiger partial charge in [0.25, 0.3) is 0 Å². The number of carbonyl (C=O) groups excluding carboxylic acids is 1. The summed E-state index contributed by atoms with van der Waals surface area (Å²) in [5, 5.41) is 9.71. The summed E-state index contributed by atoms with van der Waals surface area (Å²) in [7, 11) is 0. The number of hydrogen-bond donors (Lipinski definition) is 1. The molecule has 0 spiro atoms. The molecular weight excluding hydrogens is 491 g/mol. The second-order valence-corrected chi connectivity index (χ2v) is 10.3. The lowest BCUT2D eigenvalue weighted by molar-refractivity contribution is -0.127. The van der Waals surface area contributed by atoms with E-state index in [-0.39, 0.29) is 12.5 Å². The van der Waals surface area contributed by atoms with Gasteiger partial charge in [-0.2, -0.15) is 0 Å². The Morgan fingerprint density at radius 2 is 1.79 bits per heavy atom. The molecule has 1 aliphatic heterocycles. The van der Waals surface area contributed by atoms with Crippen molar-refractivity contribution < 1.29 is 14.6 Å². The fraction of sp³-hybridized carbons (Fsp3) is 0.423. The molecule has 1 saturated heterocycles. The molecule has 8 heteroatoms. The molecule has 0 saturated carbocycles. The van der Waals surface area contributed by atoms with Gasteiger partial charge < -0.3 is 14.7 Å². The van der Waals surface area contributed by atoms with E-state index in [1.807, 2.05) is 29.2 Å². The third kappa shape index (κ3) is 7.48. The molecule has 0 aliphatic carbocycles. The van der Waals surface area contributed by atoms with Crippen LogP contribution in [0, 0.1) is 0 Å². The van der Waals surface area contributed by atoms with Gasteiger partial charge in [-0.1, -0.05) is 73.1 Å². The standard InChI is InChI=1S/C26H32Cl2N2O3S/c1-19(2)21-5-3-4-6-22(21)34-23-9-7-20(25(27)26(23)28)8-10-24(32)30-13-11-29(12-14-30)15-17-33-18-16-31/h3-10,19,31H,11-18H2,1-2H3/b10-8+. The molecule has 1 aliphatic rings. The Morgan fingerprint density at radius 1 is 1.06 bits per heavy atom. The minimum Gasteiger partial charge on any atom is -0.394 e. The SMILES string of the molecule is CC(C)c1ccccc1Sc1ccc(/C=C/C(=O)N2CCN(CCOCCO)CC2)c(Cl)c1Cl. The molecule has 0 bridgehead atoms. The number of amides is 1. The van der Waals surface area contributed by atoms with Gasteiger partial charge in [-0.3, -0.25) is 9.69 Å². The average molecular weight is 524 g/mol. The van der Waals surface area contributed by atoms with Crippen molar-refractivity contribution in [1.82, 2.24) is 9.80 Å². The summed E-state index contributed by atoms with van der Waals surface area (Å²) < 4.78 is 5.32. The minimum atomic E-state index is -0.0346. The number of piperazine rings is 1. The summed E-state index contributed by atoms with van der Waals surface area (Å²) in [6, 6.07) is 12.2. The third-order valence-electron chi connectivity index (χ3n) is 5.71. The Labute approximate surface area is 216 Å². The molecule has 0 atom stereocenters. The van der Waals surface area contributed by atoms with Gasteiger partial charge in [-0.15, -0.1) is 0 Å². The molecule has 184 valence electrons. The van der Waals surface area contributed by atoms with Crippen LogP contribution < -0.4 is 0 Å². The molecule has 3 rings (SSSR count). The van der Waals surface area contributed by atoms with E-state index in [2.05, 4.69) is 30.9 Å². The van der Waals surface area contributed by atoms with Crippen molar-refractivity contribution in [2.45, 2.75) is 29.6 Å². The number of carbonyl (C=O) groups is 1. The van der Waals surface area contributed by atoms with Gasteiger partial charge in [0.05, 0.1) is 29.9 Å². The molecule has 34 heavy (non-hydrogen) atoms. The van der Waals surface area contributed by atoms with E-state index in [4.69, 9.17) is 33.0 Å². The highest BCUT2D eigenvalue weighted by Crippen LogP contribution is 2.41. The third-order valence-corrected chi connectivity index (χ3v) is 7.87. The summed E-state index contributed by atoms with van der Waals surface area (Å²) in [6.45, 7) is 9.09. The number of hydrogen-bond acceptors (Lipinski definition) is 5. The maximum absolute atomic E-state index is 12.7. The largest absolute Gasteiger partial charge is 0.394 e. The van der Waals surface area contributed by atoms with Crippen LogP contribution in [0.1, 0.15) is 30.9 Å². The first kappa shape index (κ1) is 27.1. The van der Waals surface area contributed by atoms with Gasteiger partial charge in [0, 0.05) is 48.6 Å². The number of ether oxygens (including phenoxy) is 1. The van der Waals surface area contributed by atoms with Crippen LogP contribution in [0.5, 0.6) is 0 Å². The van der Waals surface area contributed by atoms with Crippen LogP contribution in [0.2, 0.25) is 10.0 Å². The summed E-state index contributed by atoms with van der Waals surface area (Å²) >= 11 is 14.8. The van der Waals surface area contributed by atoms with Crippen LogP contribution in [0.4, 0.5) is 0 Å². The van der Waals surface area contributed by atoms with Crippen molar-refractivity contribution in [3.05, 3.63) is 63.6 Å². The van der Waals surface area contributed by atoms with Crippen molar-refractivity contribution in [2.75, 3.05) is 52.5 Å². The van der Waals surface area contributed by atoms with E-state index in [1.54, 1.807) is 23.9 Å². The van der Waals surface area contributed by atoms with E-state index in [0.29, 0.717) is 42.3 Å². The second-order valence-electron chi connectivity index (χ2n) is 8.41. The van der Waals surface area contributed by atoms with Crippen LogP contribution >= 0.6 is 35.0 Å². The Hall–Kier alpha value is -1.54. The molecule has 0 aromatic heterocycles. The lowest BCUT2D eigenvalue weighted by atomic mass is 10.0. The smallest absolute Gasteiger partial charge is 0.246 e. The zero-order chi connectivity index (χ0) is 24.5. The van der Waals surface area contributed by atoms with Crippen molar-refractivity contribution in [2.24, 2.45) is 0 Å². The highest BCUT2D eigenvalue weighted by atomic mass is 35.5. The zero-order valence-electron chi connectivity index (χ0n) is 19.7. The maximum Gasteiger partial charge on any atom is 0.246 e. The highest BCUT2D eigenvalue weighted by Gasteiger charge is 2.19. The second kappa shape index (κ2) is 13.5. The van der Waals surface area contributed by atoms with Crippen LogP contribution in [0.25, 0.3) is 6.08 Å². The average Bonchev–Trinajstić information content (AvgIpc) is 2.84. The van der Waals surface area contributed by atoms with E-state index in [9.17, 15) is 4.79 Å². The molecule has 1 fully saturated rings. The summed E-state index contributed by atoms with van der Waals surface area (Å²) in [6.07, 6.45) is 3.31. The predicted octanol–water partition coefficient (Wildman–Crippen LogP) is 5.43. The van der Waals surface area contributed by atoms with E-state index < -0.39 is 0 Å². The predicted molar refractivity (Wildman–Crippen MR) is 141 cm³/mol. The van der Waals surface area contributed by atoms with Gasteiger partial charge in [-0.25, -0.2) is 0 Å². The quantitative estimate of drug-likeness (QED) is 0.332. The van der Waals surface area contributed by atoms with E-state index in [0.717, 1.165) is 35.0 Å². The first-order chi connectivity index (χ1) is 16.4. The number of rotatable bonds is 10. The molecule has 5 nitrogen and oxygen atoms in total. The normalized spacial score (nSPS) is 14.9. The minimum absolute atomic E-state index is 0.0346. The Balaban J connectivity index is 1.58. The fourth-order valence-electron chi connectivity index (χ4n) is 3.74. The number of nitrogens with zero attached hydrogens (tertiary/aromatic N) is 2. The Kier molecular flexibility index (Phi) is 10.8. The summed E-state index contributed by atoms with van der Waals surface area (Å²) in [5.41, 5.74) is 1.99. The van der Waals surface area contributed by atoms with Crippen LogP contribution in [0.15, 0.2) is 52.3 Å². The number of halogens is 2. The molecular formula is C26H32Cl2N2O3S. The van der Waals surface area contributed by atoms with Crippen molar-refractivity contribution in [3.63, 3.8) is 0 Å². The Morgan fingerprint density at radius 3 is 2.50 bits per heavy atom. The van der Waals surface area contributed by atoms with Gasteiger partial charge in [0.15, 0.2) is 0 Å². The van der Waals surface area contributed by atoms with Crippen molar-refractivity contribution in [3.8, 4) is 0 Å². The van der Waals surface area contributed by atoms with Crippen molar-refractivity contribution >= 4 is 46.9 Å². The molecule has 1 heterocycles. The number of aliphatic hydroxyl groups is 1. The maximum atomic E-state index is 12.7. The van der Waals surface area contributed by atoms with E-state index in [1.165, 1.54) is 5.56 Å². The van der Waals surface area contributed by atoms with Crippen LogP contribution in [0.3, 0.4) is 0 Å². The van der Waals surface area contributed by atoms with Crippen LogP contribution in [-0.4, -0.2) is 73.4 Å². The first-order valence-electron chi connectivity index (χ1n) is 11.5. The highest BCUT2D eigenvalue weighted by molar-refractivity contribution is 7.99. The summed E-state index contributed by atoms with van der Waals surface area (Å²) in [4.78, 5) is 18.8. The van der Waals surface area contributed by atoms with Crippen LogP contribution in [-0.2, 0) is 9.53 Å². The summed E-state index contributed by atoms with van der Waals surface area (Å²) in [5.74, 6) is 0.375. The Bertz CT molecular complexity index is 992. The molecule has 1 amide bonds. The number of benzene rings is 2. The molecule has 0 unspecified atom stereocenters. The lowest BCUT2D eigenvalue weighted by Gasteiger charge is -2.34. The van der Waals surface area contributed by atoms with Gasteiger partial charge in [0.2, 0.25) is 5.91 Å². The first-order valence-corrected chi connectivity index (χ1v) is 13.1. The lowest BCUT2D eigenvalue weighted by Crippen LogP contribution is -2.49. The monoisotopic (exact) mass is 522 g/mol. The van der Waals surface area contributed by atoms with Crippen molar-refractivity contribution in [1.29, 1.82) is 0 Å². The topological polar surface area (TPSA) is 53.0 Å². The number of aliphatic hydroxyl groups excluding tert-OH is 1.